The lowest BCUT2D eigenvalue weighted by Gasteiger charge is -2.20. The average molecular weight is 443 g/mol. The van der Waals surface area contributed by atoms with Crippen molar-refractivity contribution in [2.24, 2.45) is 4.99 Å². The second-order valence-electron chi connectivity index (χ2n) is 6.70. The lowest BCUT2D eigenvalue weighted by atomic mass is 10.0. The van der Waals surface area contributed by atoms with Gasteiger partial charge in [-0.2, -0.15) is 4.99 Å². The van der Waals surface area contributed by atoms with Gasteiger partial charge < -0.3 is 4.90 Å². The molecule has 0 saturated carbocycles. The fraction of sp³-hybridized carbons (Fsp3) is 0.273. The van der Waals surface area contributed by atoms with Crippen LogP contribution in [0.25, 0.3) is 17.2 Å². The van der Waals surface area contributed by atoms with E-state index in [1.807, 2.05) is 24.3 Å². The van der Waals surface area contributed by atoms with E-state index in [1.165, 1.54) is 48.6 Å². The lowest BCUT2D eigenvalue weighted by molar-refractivity contribution is -0.113. The zero-order valence-electron chi connectivity index (χ0n) is 15.1. The van der Waals surface area contributed by atoms with Crippen molar-refractivity contribution < 1.29 is 4.79 Å². The number of amidine groups is 1. The van der Waals surface area contributed by atoms with Crippen LogP contribution in [-0.2, 0) is 4.79 Å². The SMILES string of the molecule is Br.O=C1N=C(N2CCCCCC2)SC1=Cc1ccc(-c2ccccc2)cc1. The highest BCUT2D eigenvalue weighted by Gasteiger charge is 2.26. The summed E-state index contributed by atoms with van der Waals surface area (Å²) in [5, 5.41) is 0.879. The number of halogens is 1. The summed E-state index contributed by atoms with van der Waals surface area (Å²) >= 11 is 1.52. The van der Waals surface area contributed by atoms with Gasteiger partial charge in [0.2, 0.25) is 0 Å². The van der Waals surface area contributed by atoms with E-state index in [0.717, 1.165) is 28.7 Å². The molecule has 2 heterocycles. The smallest absolute Gasteiger partial charge is 0.286 e. The monoisotopic (exact) mass is 442 g/mol. The van der Waals surface area contributed by atoms with Crippen molar-refractivity contribution in [2.75, 3.05) is 13.1 Å². The molecule has 0 aromatic heterocycles. The second-order valence-corrected chi connectivity index (χ2v) is 7.71. The molecular weight excluding hydrogens is 420 g/mol. The zero-order valence-corrected chi connectivity index (χ0v) is 17.7. The van der Waals surface area contributed by atoms with Crippen molar-refractivity contribution in [3.8, 4) is 11.1 Å². The minimum atomic E-state index is -0.110. The Kier molecular flexibility index (Phi) is 6.91. The maximum atomic E-state index is 12.3. The summed E-state index contributed by atoms with van der Waals surface area (Å²) in [4.78, 5) is 19.6. The van der Waals surface area contributed by atoms with Gasteiger partial charge in [-0.1, -0.05) is 67.4 Å². The van der Waals surface area contributed by atoms with Gasteiger partial charge in [-0.15, -0.1) is 17.0 Å². The summed E-state index contributed by atoms with van der Waals surface area (Å²) < 4.78 is 0. The fourth-order valence-electron chi connectivity index (χ4n) is 3.35. The fourth-order valence-corrected chi connectivity index (χ4v) is 4.31. The minimum Gasteiger partial charge on any atom is -0.351 e. The molecule has 140 valence electrons. The number of rotatable bonds is 2. The van der Waals surface area contributed by atoms with Crippen molar-refractivity contribution >= 4 is 45.9 Å². The van der Waals surface area contributed by atoms with Gasteiger partial charge in [-0.25, -0.2) is 0 Å². The second kappa shape index (κ2) is 9.38. The molecule has 1 saturated heterocycles. The van der Waals surface area contributed by atoms with E-state index in [9.17, 15) is 4.79 Å². The first-order chi connectivity index (χ1) is 12.8. The van der Waals surface area contributed by atoms with Crippen molar-refractivity contribution in [2.45, 2.75) is 25.7 Å². The van der Waals surface area contributed by atoms with Gasteiger partial charge >= 0.3 is 0 Å². The van der Waals surface area contributed by atoms with Gasteiger partial charge in [-0.05, 0) is 47.4 Å². The number of aliphatic imine (C=N–C) groups is 1. The minimum absolute atomic E-state index is 0. The van der Waals surface area contributed by atoms with Crippen molar-refractivity contribution in [3.63, 3.8) is 0 Å². The van der Waals surface area contributed by atoms with Crippen molar-refractivity contribution in [1.82, 2.24) is 4.90 Å². The summed E-state index contributed by atoms with van der Waals surface area (Å²) in [5.41, 5.74) is 3.41. The number of nitrogens with zero attached hydrogens (tertiary/aromatic N) is 2. The van der Waals surface area contributed by atoms with E-state index in [-0.39, 0.29) is 22.9 Å². The predicted molar refractivity (Wildman–Crippen MR) is 120 cm³/mol. The van der Waals surface area contributed by atoms with Crippen molar-refractivity contribution in [3.05, 3.63) is 65.1 Å². The number of hydrogen-bond acceptors (Lipinski definition) is 3. The summed E-state index contributed by atoms with van der Waals surface area (Å²) in [6, 6.07) is 18.6. The van der Waals surface area contributed by atoms with Crippen LogP contribution in [0.4, 0.5) is 0 Å². The van der Waals surface area contributed by atoms with Crippen LogP contribution in [0, 0.1) is 0 Å². The first-order valence-electron chi connectivity index (χ1n) is 9.23. The average Bonchev–Trinajstić information content (AvgIpc) is 2.88. The lowest BCUT2D eigenvalue weighted by Crippen LogP contribution is -2.28. The molecule has 0 spiro atoms. The first-order valence-corrected chi connectivity index (χ1v) is 10.0. The summed E-state index contributed by atoms with van der Waals surface area (Å²) in [6.45, 7) is 2.02. The van der Waals surface area contributed by atoms with Gasteiger partial charge in [0.15, 0.2) is 5.17 Å². The number of carbonyl (C=O) groups excluding carboxylic acids is 1. The third-order valence-electron chi connectivity index (χ3n) is 4.80. The number of amides is 1. The van der Waals surface area contributed by atoms with Crippen LogP contribution in [0.5, 0.6) is 0 Å². The molecule has 4 rings (SSSR count). The standard InChI is InChI=1S/C22H22N2OS.BrH/c25-21-20(26-22(23-21)24-14-6-1-2-7-15-24)16-17-10-12-19(13-11-17)18-8-4-3-5-9-18;/h3-5,8-13,16H,1-2,6-7,14-15H2;1H. The van der Waals surface area contributed by atoms with E-state index in [4.69, 9.17) is 0 Å². The van der Waals surface area contributed by atoms with Crippen LogP contribution in [0.2, 0.25) is 0 Å². The Morgan fingerprint density at radius 2 is 1.48 bits per heavy atom. The molecule has 2 aromatic carbocycles. The molecule has 0 atom stereocenters. The Bertz CT molecular complexity index is 838. The van der Waals surface area contributed by atoms with Gasteiger partial charge in [0, 0.05) is 13.1 Å². The molecule has 1 amide bonds. The topological polar surface area (TPSA) is 32.7 Å². The molecule has 27 heavy (non-hydrogen) atoms. The van der Waals surface area contributed by atoms with Gasteiger partial charge in [-0.3, -0.25) is 4.79 Å². The van der Waals surface area contributed by atoms with E-state index < -0.39 is 0 Å². The largest absolute Gasteiger partial charge is 0.351 e. The number of thioether (sulfide) groups is 1. The van der Waals surface area contributed by atoms with Crippen LogP contribution in [0.15, 0.2) is 64.5 Å². The molecule has 0 bridgehead atoms. The maximum Gasteiger partial charge on any atom is 0.286 e. The molecule has 0 unspecified atom stereocenters. The number of likely N-dealkylation sites (tertiary alicyclic amines) is 1. The van der Waals surface area contributed by atoms with Crippen LogP contribution in [0.1, 0.15) is 31.2 Å². The predicted octanol–water partition coefficient (Wildman–Crippen LogP) is 5.78. The molecule has 2 aliphatic heterocycles. The zero-order chi connectivity index (χ0) is 17.8. The molecule has 5 heteroatoms. The van der Waals surface area contributed by atoms with Gasteiger partial charge in [0.1, 0.15) is 0 Å². The third-order valence-corrected chi connectivity index (χ3v) is 5.85. The Hall–Kier alpha value is -1.85. The Balaban J connectivity index is 0.00000210. The third kappa shape index (κ3) is 4.90. The number of carbonyl (C=O) groups is 1. The number of benzene rings is 2. The number of hydrogen-bond donors (Lipinski definition) is 0. The highest BCUT2D eigenvalue weighted by atomic mass is 79.9. The van der Waals surface area contributed by atoms with Crippen molar-refractivity contribution in [1.29, 1.82) is 0 Å². The van der Waals surface area contributed by atoms with Crippen LogP contribution < -0.4 is 0 Å². The molecule has 0 aliphatic carbocycles. The maximum absolute atomic E-state index is 12.3. The molecule has 3 nitrogen and oxygen atoms in total. The van der Waals surface area contributed by atoms with E-state index in [2.05, 4.69) is 46.3 Å². The quantitative estimate of drug-likeness (QED) is 0.552. The van der Waals surface area contributed by atoms with Crippen LogP contribution in [-0.4, -0.2) is 29.1 Å². The summed E-state index contributed by atoms with van der Waals surface area (Å²) in [6.07, 6.45) is 6.88. The highest BCUT2D eigenvalue weighted by molar-refractivity contribution is 8.93. The molecule has 0 radical (unpaired) electrons. The van der Waals surface area contributed by atoms with Crippen LogP contribution in [0.3, 0.4) is 0 Å². The molecule has 2 aromatic rings. The summed E-state index contributed by atoms with van der Waals surface area (Å²) in [5.74, 6) is -0.110. The van der Waals surface area contributed by atoms with E-state index >= 15 is 0 Å². The summed E-state index contributed by atoms with van der Waals surface area (Å²) in [7, 11) is 0. The van der Waals surface area contributed by atoms with Crippen LogP contribution >= 0.6 is 28.7 Å². The molecule has 2 aliphatic rings. The molecule has 0 N–H and O–H groups in total. The van der Waals surface area contributed by atoms with Gasteiger partial charge in [0.25, 0.3) is 5.91 Å². The first kappa shape index (κ1) is 19.9. The normalized spacial score (nSPS) is 18.8. The molecular formula is C22H23BrN2OS. The molecule has 1 fully saturated rings. The van der Waals surface area contributed by atoms with E-state index in [0.29, 0.717) is 0 Å². The van der Waals surface area contributed by atoms with Gasteiger partial charge in [0.05, 0.1) is 4.91 Å². The Morgan fingerprint density at radius 3 is 2.15 bits per heavy atom. The Morgan fingerprint density at radius 1 is 0.852 bits per heavy atom. The highest BCUT2D eigenvalue weighted by Crippen LogP contribution is 2.31. The Labute approximate surface area is 175 Å². The van der Waals surface area contributed by atoms with E-state index in [1.54, 1.807) is 0 Å².